The molecular formula is C20H8Cl4O4. The van der Waals surface area contributed by atoms with Crippen molar-refractivity contribution in [3.8, 4) is 0 Å². The predicted molar refractivity (Wildman–Crippen MR) is 108 cm³/mol. The van der Waals surface area contributed by atoms with Crippen molar-refractivity contribution < 1.29 is 19.2 Å². The van der Waals surface area contributed by atoms with Crippen LogP contribution in [-0.2, 0) is 0 Å². The Kier molecular flexibility index (Phi) is 5.87. The van der Waals surface area contributed by atoms with Gasteiger partial charge < -0.3 is 0 Å². The highest BCUT2D eigenvalue weighted by atomic mass is 35.5. The maximum absolute atomic E-state index is 11.5. The minimum absolute atomic E-state index is 0.199. The van der Waals surface area contributed by atoms with E-state index in [1.807, 2.05) is 0 Å². The molecule has 2 aliphatic rings. The van der Waals surface area contributed by atoms with Gasteiger partial charge in [-0.15, -0.1) is 0 Å². The van der Waals surface area contributed by atoms with Gasteiger partial charge in [0, 0.05) is 22.3 Å². The standard InChI is InChI=1S/2C10H4Cl2O2/c2*11-7-8(12)10(14)6-4-2-1-3-5(6)9(7)13/h2*1-4H. The molecule has 28 heavy (non-hydrogen) atoms. The fourth-order valence-electron chi connectivity index (χ4n) is 2.63. The highest BCUT2D eigenvalue weighted by molar-refractivity contribution is 6.60. The van der Waals surface area contributed by atoms with Crippen molar-refractivity contribution in [1.82, 2.24) is 0 Å². The van der Waals surface area contributed by atoms with Gasteiger partial charge in [0.1, 0.15) is 20.1 Å². The number of ketones is 4. The van der Waals surface area contributed by atoms with E-state index in [4.69, 9.17) is 46.4 Å². The molecule has 0 amide bonds. The van der Waals surface area contributed by atoms with Crippen molar-refractivity contribution in [1.29, 1.82) is 0 Å². The highest BCUT2D eigenvalue weighted by Crippen LogP contribution is 2.31. The number of benzene rings is 2. The number of carbonyl (C=O) groups excluding carboxylic acids is 4. The molecule has 0 unspecified atom stereocenters. The lowest BCUT2D eigenvalue weighted by Crippen LogP contribution is -2.17. The molecule has 0 aliphatic heterocycles. The van der Waals surface area contributed by atoms with Crippen molar-refractivity contribution in [3.63, 3.8) is 0 Å². The molecule has 2 aromatic rings. The molecule has 2 aromatic carbocycles. The molecule has 8 heteroatoms. The molecule has 0 saturated heterocycles. The zero-order valence-electron chi connectivity index (χ0n) is 13.8. The molecule has 0 heterocycles. The number of allylic oxidation sites excluding steroid dienone is 4. The predicted octanol–water partition coefficient (Wildman–Crippen LogP) is 5.51. The Balaban J connectivity index is 0.000000161. The molecular weight excluding hydrogens is 446 g/mol. The van der Waals surface area contributed by atoms with E-state index in [2.05, 4.69) is 0 Å². The quantitative estimate of drug-likeness (QED) is 0.527. The summed E-state index contributed by atoms with van der Waals surface area (Å²) < 4.78 is 0. The lowest BCUT2D eigenvalue weighted by molar-refractivity contribution is 0.0987. The highest BCUT2D eigenvalue weighted by Gasteiger charge is 2.30. The number of carbonyl (C=O) groups is 4. The summed E-state index contributed by atoms with van der Waals surface area (Å²) in [4.78, 5) is 46.2. The topological polar surface area (TPSA) is 68.3 Å². The van der Waals surface area contributed by atoms with Crippen LogP contribution in [0.3, 0.4) is 0 Å². The van der Waals surface area contributed by atoms with Crippen molar-refractivity contribution in [2.75, 3.05) is 0 Å². The zero-order valence-corrected chi connectivity index (χ0v) is 16.8. The molecule has 0 bridgehead atoms. The Morgan fingerprint density at radius 2 is 0.571 bits per heavy atom. The monoisotopic (exact) mass is 452 g/mol. The smallest absolute Gasteiger partial charge is 0.206 e. The molecule has 4 nitrogen and oxygen atoms in total. The van der Waals surface area contributed by atoms with Crippen LogP contribution < -0.4 is 0 Å². The van der Waals surface area contributed by atoms with Gasteiger partial charge in [-0.3, -0.25) is 19.2 Å². The molecule has 0 atom stereocenters. The molecule has 0 spiro atoms. The van der Waals surface area contributed by atoms with Crippen LogP contribution in [0.15, 0.2) is 68.7 Å². The van der Waals surface area contributed by atoms with E-state index in [1.54, 1.807) is 48.5 Å². The number of hydrogen-bond acceptors (Lipinski definition) is 4. The summed E-state index contributed by atoms with van der Waals surface area (Å²) in [6.45, 7) is 0. The molecule has 0 radical (unpaired) electrons. The summed E-state index contributed by atoms with van der Waals surface area (Å²) in [5.74, 6) is -1.59. The Morgan fingerprint density at radius 1 is 0.393 bits per heavy atom. The third-order valence-corrected chi connectivity index (χ3v) is 5.65. The lowest BCUT2D eigenvalue weighted by Gasteiger charge is -2.12. The van der Waals surface area contributed by atoms with Gasteiger partial charge in [-0.1, -0.05) is 94.9 Å². The third-order valence-electron chi connectivity index (χ3n) is 4.02. The molecule has 0 fully saturated rings. The number of rotatable bonds is 0. The first-order valence-electron chi connectivity index (χ1n) is 7.73. The Hall–Kier alpha value is -2.24. The summed E-state index contributed by atoms with van der Waals surface area (Å²) in [6, 6.07) is 12.9. The molecule has 0 aromatic heterocycles. The number of fused-ring (bicyclic) bond motifs is 2. The van der Waals surface area contributed by atoms with Crippen LogP contribution in [0.4, 0.5) is 0 Å². The number of Topliss-reactive ketones (excluding diaryl/α,β-unsaturated/α-hetero) is 4. The second kappa shape index (κ2) is 8.02. The molecule has 0 N–H and O–H groups in total. The number of hydrogen-bond donors (Lipinski definition) is 0. The van der Waals surface area contributed by atoms with Gasteiger partial charge >= 0.3 is 0 Å². The largest absolute Gasteiger partial charge is 0.288 e. The second-order valence-corrected chi connectivity index (χ2v) is 7.18. The summed E-state index contributed by atoms with van der Waals surface area (Å²) in [7, 11) is 0. The van der Waals surface area contributed by atoms with Gasteiger partial charge in [-0.25, -0.2) is 0 Å². The van der Waals surface area contributed by atoms with Crippen LogP contribution in [0, 0.1) is 0 Å². The fraction of sp³-hybridized carbons (Fsp3) is 0. The van der Waals surface area contributed by atoms with E-state index in [0.29, 0.717) is 22.3 Å². The van der Waals surface area contributed by atoms with Gasteiger partial charge in [-0.2, -0.15) is 0 Å². The minimum atomic E-state index is -0.396. The van der Waals surface area contributed by atoms with Crippen LogP contribution in [0.25, 0.3) is 0 Å². The van der Waals surface area contributed by atoms with Gasteiger partial charge in [-0.05, 0) is 0 Å². The zero-order chi connectivity index (χ0) is 20.6. The van der Waals surface area contributed by atoms with E-state index >= 15 is 0 Å². The van der Waals surface area contributed by atoms with Crippen LogP contribution in [0.1, 0.15) is 41.4 Å². The SMILES string of the molecule is O=C1C(Cl)=C(Cl)C(=O)c2ccccc21.O=C1C(Cl)=C(Cl)C(=O)c2ccccc21. The fourth-order valence-corrected chi connectivity index (χ4v) is 3.38. The first-order valence-corrected chi connectivity index (χ1v) is 9.24. The summed E-state index contributed by atoms with van der Waals surface area (Å²) in [5.41, 5.74) is 1.25. The van der Waals surface area contributed by atoms with Crippen molar-refractivity contribution in [2.24, 2.45) is 0 Å². The Morgan fingerprint density at radius 3 is 0.750 bits per heavy atom. The Labute approximate surface area is 179 Å². The van der Waals surface area contributed by atoms with Crippen molar-refractivity contribution in [2.45, 2.75) is 0 Å². The van der Waals surface area contributed by atoms with Gasteiger partial charge in [0.15, 0.2) is 0 Å². The van der Waals surface area contributed by atoms with Crippen LogP contribution >= 0.6 is 46.4 Å². The normalized spacial score (nSPS) is 15.9. The average molecular weight is 454 g/mol. The summed E-state index contributed by atoms with van der Waals surface area (Å²) >= 11 is 22.5. The summed E-state index contributed by atoms with van der Waals surface area (Å²) in [6.07, 6.45) is 0. The molecule has 140 valence electrons. The van der Waals surface area contributed by atoms with Crippen LogP contribution in [-0.4, -0.2) is 23.1 Å². The summed E-state index contributed by atoms with van der Waals surface area (Å²) in [5, 5.41) is -0.795. The Bertz CT molecular complexity index is 953. The second-order valence-electron chi connectivity index (χ2n) is 5.66. The number of halogens is 4. The van der Waals surface area contributed by atoms with E-state index in [1.165, 1.54) is 0 Å². The first-order chi connectivity index (χ1) is 13.3. The minimum Gasteiger partial charge on any atom is -0.288 e. The first kappa shape index (κ1) is 20.5. The van der Waals surface area contributed by atoms with Gasteiger partial charge in [0.05, 0.1) is 0 Å². The third kappa shape index (κ3) is 3.45. The molecule has 2 aliphatic carbocycles. The van der Waals surface area contributed by atoms with E-state index in [9.17, 15) is 19.2 Å². The maximum Gasteiger partial charge on any atom is 0.206 e. The van der Waals surface area contributed by atoms with E-state index in [0.717, 1.165) is 0 Å². The van der Waals surface area contributed by atoms with Crippen LogP contribution in [0.2, 0.25) is 0 Å². The van der Waals surface area contributed by atoms with Crippen LogP contribution in [0.5, 0.6) is 0 Å². The average Bonchev–Trinajstić information content (AvgIpc) is 2.73. The van der Waals surface area contributed by atoms with Gasteiger partial charge in [0.2, 0.25) is 23.1 Å². The van der Waals surface area contributed by atoms with Crippen molar-refractivity contribution >= 4 is 69.5 Å². The van der Waals surface area contributed by atoms with Crippen molar-refractivity contribution in [3.05, 3.63) is 90.9 Å². The molecule has 0 saturated carbocycles. The van der Waals surface area contributed by atoms with Gasteiger partial charge in [0.25, 0.3) is 0 Å². The van der Waals surface area contributed by atoms with E-state index < -0.39 is 23.1 Å². The van der Waals surface area contributed by atoms with E-state index in [-0.39, 0.29) is 20.1 Å². The molecule has 4 rings (SSSR count). The lowest BCUT2D eigenvalue weighted by atomic mass is 9.95. The maximum atomic E-state index is 11.5.